The molecule has 2 aromatic rings. The van der Waals surface area contributed by atoms with Crippen molar-refractivity contribution in [3.05, 3.63) is 30.4 Å². The molecule has 0 amide bonds. The number of aromatic nitrogens is 2. The molecule has 5 heteroatoms. The van der Waals surface area contributed by atoms with Crippen molar-refractivity contribution < 1.29 is 9.47 Å². The first-order valence-corrected chi connectivity index (χ1v) is 5.75. The summed E-state index contributed by atoms with van der Waals surface area (Å²) < 4.78 is 12.5. The van der Waals surface area contributed by atoms with Crippen molar-refractivity contribution in [2.45, 2.75) is 13.3 Å². The average molecular weight is 247 g/mol. The maximum absolute atomic E-state index is 6.05. The van der Waals surface area contributed by atoms with Crippen LogP contribution in [0.25, 0.3) is 5.69 Å². The van der Waals surface area contributed by atoms with Gasteiger partial charge in [-0.1, -0.05) is 6.92 Å². The lowest BCUT2D eigenvalue weighted by molar-refractivity contribution is 0.355. The van der Waals surface area contributed by atoms with Gasteiger partial charge in [0.2, 0.25) is 0 Å². The third kappa shape index (κ3) is 1.99. The third-order valence-corrected chi connectivity index (χ3v) is 2.83. The van der Waals surface area contributed by atoms with Crippen molar-refractivity contribution in [1.82, 2.24) is 9.55 Å². The van der Waals surface area contributed by atoms with Crippen molar-refractivity contribution in [2.24, 2.45) is 0 Å². The molecule has 1 aromatic heterocycles. The number of benzene rings is 1. The molecule has 0 saturated heterocycles. The minimum Gasteiger partial charge on any atom is -0.493 e. The van der Waals surface area contributed by atoms with Crippen LogP contribution in [0.1, 0.15) is 12.7 Å². The lowest BCUT2D eigenvalue weighted by Crippen LogP contribution is -2.04. The molecule has 0 saturated carbocycles. The topological polar surface area (TPSA) is 62.3 Å². The van der Waals surface area contributed by atoms with Crippen LogP contribution in [0.3, 0.4) is 0 Å². The van der Waals surface area contributed by atoms with E-state index >= 15 is 0 Å². The molecule has 0 unspecified atom stereocenters. The molecule has 2 rings (SSSR count). The van der Waals surface area contributed by atoms with E-state index in [2.05, 4.69) is 11.9 Å². The van der Waals surface area contributed by atoms with Crippen LogP contribution in [-0.2, 0) is 6.42 Å². The second kappa shape index (κ2) is 5.00. The fourth-order valence-corrected chi connectivity index (χ4v) is 1.91. The number of ether oxygens (including phenoxy) is 2. The van der Waals surface area contributed by atoms with Crippen LogP contribution in [0.4, 0.5) is 5.69 Å². The van der Waals surface area contributed by atoms with Gasteiger partial charge in [0.1, 0.15) is 5.82 Å². The molecule has 0 spiro atoms. The van der Waals surface area contributed by atoms with E-state index < -0.39 is 0 Å². The number of nitrogens with zero attached hydrogens (tertiary/aromatic N) is 2. The summed E-state index contributed by atoms with van der Waals surface area (Å²) in [5.74, 6) is 2.23. The highest BCUT2D eigenvalue weighted by molar-refractivity contribution is 5.66. The van der Waals surface area contributed by atoms with E-state index in [1.54, 1.807) is 26.5 Å². The van der Waals surface area contributed by atoms with E-state index in [0.29, 0.717) is 17.2 Å². The second-order valence-corrected chi connectivity index (χ2v) is 3.83. The lowest BCUT2D eigenvalue weighted by atomic mass is 10.2. The zero-order valence-electron chi connectivity index (χ0n) is 10.8. The fourth-order valence-electron chi connectivity index (χ4n) is 1.91. The van der Waals surface area contributed by atoms with Crippen LogP contribution in [0.15, 0.2) is 24.5 Å². The number of hydrogen-bond acceptors (Lipinski definition) is 4. The summed E-state index contributed by atoms with van der Waals surface area (Å²) in [6.45, 7) is 2.05. The summed E-state index contributed by atoms with van der Waals surface area (Å²) in [4.78, 5) is 4.29. The van der Waals surface area contributed by atoms with E-state index in [0.717, 1.165) is 17.9 Å². The lowest BCUT2D eigenvalue weighted by Gasteiger charge is -2.14. The quantitative estimate of drug-likeness (QED) is 0.840. The normalized spacial score (nSPS) is 10.4. The summed E-state index contributed by atoms with van der Waals surface area (Å²) in [5.41, 5.74) is 7.53. The van der Waals surface area contributed by atoms with Gasteiger partial charge in [-0.2, -0.15) is 0 Å². The molecular formula is C13H17N3O2. The van der Waals surface area contributed by atoms with Crippen molar-refractivity contribution in [1.29, 1.82) is 0 Å². The molecule has 5 nitrogen and oxygen atoms in total. The Morgan fingerprint density at radius 3 is 2.50 bits per heavy atom. The molecule has 0 atom stereocenters. The van der Waals surface area contributed by atoms with Gasteiger partial charge in [0.15, 0.2) is 11.5 Å². The third-order valence-electron chi connectivity index (χ3n) is 2.83. The average Bonchev–Trinajstić information content (AvgIpc) is 2.86. The van der Waals surface area contributed by atoms with Crippen LogP contribution < -0.4 is 15.2 Å². The van der Waals surface area contributed by atoms with E-state index in [4.69, 9.17) is 15.2 Å². The molecule has 2 N–H and O–H groups in total. The summed E-state index contributed by atoms with van der Waals surface area (Å²) >= 11 is 0. The van der Waals surface area contributed by atoms with Crippen molar-refractivity contribution in [3.63, 3.8) is 0 Å². The number of rotatable bonds is 4. The SMILES string of the molecule is CCc1nccn1-c1cc(OC)c(OC)cc1N. The summed E-state index contributed by atoms with van der Waals surface area (Å²) in [6.07, 6.45) is 4.48. The van der Waals surface area contributed by atoms with Gasteiger partial charge in [0, 0.05) is 30.9 Å². The summed E-state index contributed by atoms with van der Waals surface area (Å²) in [5, 5.41) is 0. The van der Waals surface area contributed by atoms with Crippen LogP contribution in [0.5, 0.6) is 11.5 Å². The Labute approximate surface area is 106 Å². The highest BCUT2D eigenvalue weighted by atomic mass is 16.5. The molecule has 0 fully saturated rings. The Kier molecular flexibility index (Phi) is 3.41. The minimum atomic E-state index is 0.622. The first kappa shape index (κ1) is 12.3. The molecule has 1 heterocycles. The molecule has 18 heavy (non-hydrogen) atoms. The highest BCUT2D eigenvalue weighted by Crippen LogP contribution is 2.34. The molecule has 0 radical (unpaired) electrons. The van der Waals surface area contributed by atoms with Crippen molar-refractivity contribution in [2.75, 3.05) is 20.0 Å². The van der Waals surface area contributed by atoms with Gasteiger partial charge >= 0.3 is 0 Å². The van der Waals surface area contributed by atoms with Crippen LogP contribution in [0, 0.1) is 0 Å². The van der Waals surface area contributed by atoms with Gasteiger partial charge in [0.05, 0.1) is 25.6 Å². The van der Waals surface area contributed by atoms with Gasteiger partial charge in [-0.3, -0.25) is 0 Å². The first-order chi connectivity index (χ1) is 8.71. The Bertz CT molecular complexity index is 549. The standard InChI is InChI=1S/C13H17N3O2/c1-4-13-15-5-6-16(13)10-8-12(18-3)11(17-2)7-9(10)14/h5-8H,4,14H2,1-3H3. The van der Waals surface area contributed by atoms with Crippen LogP contribution in [-0.4, -0.2) is 23.8 Å². The van der Waals surface area contributed by atoms with Crippen LogP contribution in [0.2, 0.25) is 0 Å². The van der Waals surface area contributed by atoms with Gasteiger partial charge < -0.3 is 19.8 Å². The predicted octanol–water partition coefficient (Wildman–Crippen LogP) is 2.03. The number of aryl methyl sites for hydroxylation is 1. The molecule has 96 valence electrons. The number of nitrogen functional groups attached to an aromatic ring is 1. The molecule has 1 aromatic carbocycles. The monoisotopic (exact) mass is 247 g/mol. The van der Waals surface area contributed by atoms with Gasteiger partial charge in [0.25, 0.3) is 0 Å². The zero-order chi connectivity index (χ0) is 13.1. The Morgan fingerprint density at radius 2 is 1.89 bits per heavy atom. The second-order valence-electron chi connectivity index (χ2n) is 3.83. The van der Waals surface area contributed by atoms with E-state index in [-0.39, 0.29) is 0 Å². The zero-order valence-corrected chi connectivity index (χ0v) is 10.8. The van der Waals surface area contributed by atoms with E-state index in [9.17, 15) is 0 Å². The van der Waals surface area contributed by atoms with E-state index in [1.165, 1.54) is 0 Å². The molecular weight excluding hydrogens is 230 g/mol. The van der Waals surface area contributed by atoms with E-state index in [1.807, 2.05) is 16.8 Å². The summed E-state index contributed by atoms with van der Waals surface area (Å²) in [6, 6.07) is 3.61. The molecule has 0 bridgehead atoms. The highest BCUT2D eigenvalue weighted by Gasteiger charge is 2.12. The van der Waals surface area contributed by atoms with Crippen molar-refractivity contribution >= 4 is 5.69 Å². The molecule has 0 aliphatic heterocycles. The molecule has 0 aliphatic rings. The maximum Gasteiger partial charge on any atom is 0.162 e. The fraction of sp³-hybridized carbons (Fsp3) is 0.308. The number of methoxy groups -OCH3 is 2. The number of anilines is 1. The van der Waals surface area contributed by atoms with Gasteiger partial charge in [-0.05, 0) is 0 Å². The molecule has 0 aliphatic carbocycles. The minimum absolute atomic E-state index is 0.622. The number of nitrogens with two attached hydrogens (primary N) is 1. The Morgan fingerprint density at radius 1 is 1.22 bits per heavy atom. The van der Waals surface area contributed by atoms with Gasteiger partial charge in [-0.25, -0.2) is 4.98 Å². The first-order valence-electron chi connectivity index (χ1n) is 5.75. The number of imidazole rings is 1. The van der Waals surface area contributed by atoms with Crippen LogP contribution >= 0.6 is 0 Å². The maximum atomic E-state index is 6.05. The van der Waals surface area contributed by atoms with Gasteiger partial charge in [-0.15, -0.1) is 0 Å². The smallest absolute Gasteiger partial charge is 0.162 e. The number of hydrogen-bond donors (Lipinski definition) is 1. The predicted molar refractivity (Wildman–Crippen MR) is 70.5 cm³/mol. The largest absolute Gasteiger partial charge is 0.493 e. The Hall–Kier alpha value is -2.17. The Balaban J connectivity index is 2.58. The summed E-state index contributed by atoms with van der Waals surface area (Å²) in [7, 11) is 3.19. The van der Waals surface area contributed by atoms with Crippen molar-refractivity contribution in [3.8, 4) is 17.2 Å².